The van der Waals surface area contributed by atoms with E-state index in [-0.39, 0.29) is 5.56 Å². The number of ether oxygens (including phenoxy) is 2. The van der Waals surface area contributed by atoms with E-state index in [1.165, 1.54) is 26.4 Å². The second-order valence-electron chi connectivity index (χ2n) is 5.03. The molecule has 0 fully saturated rings. The molecule has 25 heavy (non-hydrogen) atoms. The molecule has 0 N–H and O–H groups in total. The SMILES string of the molecule is COc1cc(OC)cc(C(=O)/C=C/c2cc(F)ccc2C(F)(F)F)c1. The van der Waals surface area contributed by atoms with Crippen LogP contribution < -0.4 is 9.47 Å². The molecular weight excluding hydrogens is 340 g/mol. The van der Waals surface area contributed by atoms with Crippen LogP contribution in [0.5, 0.6) is 11.5 Å². The van der Waals surface area contributed by atoms with Crippen molar-refractivity contribution >= 4 is 11.9 Å². The maximum atomic E-state index is 13.3. The van der Waals surface area contributed by atoms with Crippen molar-refractivity contribution < 1.29 is 31.8 Å². The van der Waals surface area contributed by atoms with Crippen molar-refractivity contribution in [2.45, 2.75) is 6.18 Å². The lowest BCUT2D eigenvalue weighted by Crippen LogP contribution is -2.07. The summed E-state index contributed by atoms with van der Waals surface area (Å²) in [6.45, 7) is 0. The van der Waals surface area contributed by atoms with E-state index in [2.05, 4.69) is 0 Å². The third-order valence-corrected chi connectivity index (χ3v) is 3.37. The first-order chi connectivity index (χ1) is 11.7. The lowest BCUT2D eigenvalue weighted by Gasteiger charge is -2.10. The van der Waals surface area contributed by atoms with Crippen LogP contribution in [0.25, 0.3) is 6.08 Å². The number of alkyl halides is 3. The predicted molar refractivity (Wildman–Crippen MR) is 84.3 cm³/mol. The van der Waals surface area contributed by atoms with Crippen LogP contribution in [0, 0.1) is 5.82 Å². The molecule has 2 aromatic carbocycles. The normalized spacial score (nSPS) is 11.6. The van der Waals surface area contributed by atoms with Gasteiger partial charge in [0.25, 0.3) is 0 Å². The minimum Gasteiger partial charge on any atom is -0.497 e. The third kappa shape index (κ3) is 4.59. The number of benzene rings is 2. The molecule has 0 aromatic heterocycles. The molecule has 0 unspecified atom stereocenters. The lowest BCUT2D eigenvalue weighted by molar-refractivity contribution is -0.137. The highest BCUT2D eigenvalue weighted by Crippen LogP contribution is 2.33. The lowest BCUT2D eigenvalue weighted by atomic mass is 10.0. The topological polar surface area (TPSA) is 35.5 Å². The van der Waals surface area contributed by atoms with Gasteiger partial charge in [-0.1, -0.05) is 6.08 Å². The Morgan fingerprint density at radius 1 is 1.00 bits per heavy atom. The Bertz CT molecular complexity index is 788. The number of rotatable bonds is 5. The molecular formula is C18H14F4O3. The molecule has 132 valence electrons. The number of methoxy groups -OCH3 is 2. The second-order valence-corrected chi connectivity index (χ2v) is 5.03. The van der Waals surface area contributed by atoms with Crippen LogP contribution >= 0.6 is 0 Å². The summed E-state index contributed by atoms with van der Waals surface area (Å²) in [7, 11) is 2.81. The fraction of sp³-hybridized carbons (Fsp3) is 0.167. The number of carbonyl (C=O) groups is 1. The van der Waals surface area contributed by atoms with Gasteiger partial charge < -0.3 is 9.47 Å². The molecule has 0 atom stereocenters. The summed E-state index contributed by atoms with van der Waals surface area (Å²) in [5.74, 6) is -0.687. The maximum absolute atomic E-state index is 13.3. The van der Waals surface area contributed by atoms with E-state index in [1.54, 1.807) is 6.07 Å². The van der Waals surface area contributed by atoms with Gasteiger partial charge >= 0.3 is 6.18 Å². The van der Waals surface area contributed by atoms with Crippen LogP contribution in [0.1, 0.15) is 21.5 Å². The minimum absolute atomic E-state index is 0.164. The van der Waals surface area contributed by atoms with E-state index >= 15 is 0 Å². The van der Waals surface area contributed by atoms with Gasteiger partial charge in [-0.05, 0) is 42.0 Å². The van der Waals surface area contributed by atoms with Crippen molar-refractivity contribution in [2.75, 3.05) is 14.2 Å². The molecule has 0 spiro atoms. The van der Waals surface area contributed by atoms with Gasteiger partial charge in [-0.2, -0.15) is 13.2 Å². The summed E-state index contributed by atoms with van der Waals surface area (Å²) in [6.07, 6.45) is -2.78. The summed E-state index contributed by atoms with van der Waals surface area (Å²) < 4.78 is 62.2. The molecule has 0 radical (unpaired) electrons. The Morgan fingerprint density at radius 3 is 2.12 bits per heavy atom. The van der Waals surface area contributed by atoms with E-state index in [0.717, 1.165) is 24.3 Å². The molecule has 3 nitrogen and oxygen atoms in total. The van der Waals surface area contributed by atoms with Crippen LogP contribution in [0.3, 0.4) is 0 Å². The van der Waals surface area contributed by atoms with Crippen molar-refractivity contribution in [3.8, 4) is 11.5 Å². The Kier molecular flexibility index (Phi) is 5.46. The minimum atomic E-state index is -4.66. The van der Waals surface area contributed by atoms with Crippen LogP contribution in [-0.2, 0) is 6.18 Å². The Balaban J connectivity index is 2.37. The fourth-order valence-corrected chi connectivity index (χ4v) is 2.14. The first-order valence-corrected chi connectivity index (χ1v) is 7.07. The van der Waals surface area contributed by atoms with Gasteiger partial charge in [-0.3, -0.25) is 4.79 Å². The van der Waals surface area contributed by atoms with Gasteiger partial charge in [-0.15, -0.1) is 0 Å². The van der Waals surface area contributed by atoms with E-state index in [0.29, 0.717) is 17.6 Å². The molecule has 2 rings (SSSR count). The van der Waals surface area contributed by atoms with Crippen molar-refractivity contribution in [3.05, 3.63) is 65.0 Å². The first kappa shape index (κ1) is 18.5. The van der Waals surface area contributed by atoms with Crippen LogP contribution in [-0.4, -0.2) is 20.0 Å². The van der Waals surface area contributed by atoms with Gasteiger partial charge in [-0.25, -0.2) is 4.39 Å². The molecule has 0 saturated carbocycles. The van der Waals surface area contributed by atoms with Crippen LogP contribution in [0.4, 0.5) is 17.6 Å². The molecule has 0 bridgehead atoms. The van der Waals surface area contributed by atoms with Crippen LogP contribution in [0.15, 0.2) is 42.5 Å². The number of carbonyl (C=O) groups excluding carboxylic acids is 1. The smallest absolute Gasteiger partial charge is 0.416 e. The quantitative estimate of drug-likeness (QED) is 0.441. The second kappa shape index (κ2) is 7.38. The molecule has 0 aliphatic carbocycles. The molecule has 2 aromatic rings. The monoisotopic (exact) mass is 354 g/mol. The van der Waals surface area contributed by atoms with Gasteiger partial charge in [0, 0.05) is 11.6 Å². The highest BCUT2D eigenvalue weighted by molar-refractivity contribution is 6.07. The molecule has 0 aliphatic heterocycles. The first-order valence-electron chi connectivity index (χ1n) is 7.07. The van der Waals surface area contributed by atoms with Gasteiger partial charge in [0.2, 0.25) is 0 Å². The summed E-state index contributed by atoms with van der Waals surface area (Å²) in [5.41, 5.74) is -1.30. The van der Waals surface area contributed by atoms with E-state index in [9.17, 15) is 22.4 Å². The Hall–Kier alpha value is -2.83. The maximum Gasteiger partial charge on any atom is 0.416 e. The highest BCUT2D eigenvalue weighted by Gasteiger charge is 2.32. The average molecular weight is 354 g/mol. The van der Waals surface area contributed by atoms with Gasteiger partial charge in [0.05, 0.1) is 19.8 Å². The summed E-state index contributed by atoms with van der Waals surface area (Å²) >= 11 is 0. The zero-order valence-corrected chi connectivity index (χ0v) is 13.4. The molecule has 0 amide bonds. The van der Waals surface area contributed by atoms with Crippen molar-refractivity contribution in [3.63, 3.8) is 0 Å². The predicted octanol–water partition coefficient (Wildman–Crippen LogP) is 4.76. The number of allylic oxidation sites excluding steroid dienone is 1. The third-order valence-electron chi connectivity index (χ3n) is 3.37. The number of halogens is 4. The van der Waals surface area contributed by atoms with Gasteiger partial charge in [0.15, 0.2) is 5.78 Å². The summed E-state index contributed by atoms with van der Waals surface area (Å²) in [6, 6.07) is 6.47. The largest absolute Gasteiger partial charge is 0.497 e. The number of hydrogen-bond donors (Lipinski definition) is 0. The summed E-state index contributed by atoms with van der Waals surface area (Å²) in [4.78, 5) is 12.2. The molecule has 0 heterocycles. The fourth-order valence-electron chi connectivity index (χ4n) is 2.14. The zero-order chi connectivity index (χ0) is 18.6. The van der Waals surface area contributed by atoms with E-state index < -0.39 is 28.9 Å². The summed E-state index contributed by atoms with van der Waals surface area (Å²) in [5, 5.41) is 0. The zero-order valence-electron chi connectivity index (χ0n) is 13.4. The Morgan fingerprint density at radius 2 is 1.60 bits per heavy atom. The number of ketones is 1. The van der Waals surface area contributed by atoms with E-state index in [4.69, 9.17) is 9.47 Å². The average Bonchev–Trinajstić information content (AvgIpc) is 2.58. The van der Waals surface area contributed by atoms with Crippen molar-refractivity contribution in [1.29, 1.82) is 0 Å². The standard InChI is InChI=1S/C18H14F4O3/c1-24-14-8-12(9-15(10-14)25-2)17(23)6-3-11-7-13(19)4-5-16(11)18(20,21)22/h3-10H,1-2H3/b6-3+. The van der Waals surface area contributed by atoms with Crippen molar-refractivity contribution in [1.82, 2.24) is 0 Å². The van der Waals surface area contributed by atoms with Crippen LogP contribution in [0.2, 0.25) is 0 Å². The molecule has 7 heteroatoms. The molecule has 0 saturated heterocycles. The molecule has 0 aliphatic rings. The Labute approximate surface area is 141 Å². The van der Waals surface area contributed by atoms with E-state index in [1.807, 2.05) is 0 Å². The highest BCUT2D eigenvalue weighted by atomic mass is 19.4. The van der Waals surface area contributed by atoms with Crippen molar-refractivity contribution in [2.24, 2.45) is 0 Å². The van der Waals surface area contributed by atoms with Gasteiger partial charge in [0.1, 0.15) is 17.3 Å². The number of hydrogen-bond acceptors (Lipinski definition) is 3.